The van der Waals surface area contributed by atoms with Crippen LogP contribution in [0.25, 0.3) is 0 Å². The van der Waals surface area contributed by atoms with Gasteiger partial charge in [-0.25, -0.2) is 0 Å². The second-order valence-corrected chi connectivity index (χ2v) is 7.49. The van der Waals surface area contributed by atoms with Gasteiger partial charge in [-0.1, -0.05) is 18.2 Å². The van der Waals surface area contributed by atoms with E-state index in [1.807, 2.05) is 7.05 Å². The molecule has 6 nitrogen and oxygen atoms in total. The molecule has 2 aliphatic rings. The number of carbonyl (C=O) groups is 1. The van der Waals surface area contributed by atoms with Gasteiger partial charge in [-0.3, -0.25) is 9.79 Å². The zero-order valence-corrected chi connectivity index (χ0v) is 15.7. The highest BCUT2D eigenvalue weighted by Crippen LogP contribution is 2.23. The van der Waals surface area contributed by atoms with Crippen LogP contribution in [0.15, 0.2) is 35.3 Å². The normalized spacial score (nSPS) is 24.0. The van der Waals surface area contributed by atoms with Crippen LogP contribution < -0.4 is 16.0 Å². The number of anilines is 1. The highest BCUT2D eigenvalue weighted by atomic mass is 16.1. The van der Waals surface area contributed by atoms with Crippen molar-refractivity contribution in [1.82, 2.24) is 10.2 Å². The summed E-state index contributed by atoms with van der Waals surface area (Å²) in [6, 6.07) is 10.6. The Morgan fingerprint density at radius 1 is 1.19 bits per heavy atom. The van der Waals surface area contributed by atoms with Gasteiger partial charge in [0.1, 0.15) is 0 Å². The van der Waals surface area contributed by atoms with Crippen molar-refractivity contribution in [2.75, 3.05) is 44.7 Å². The number of hydrogen-bond donors (Lipinski definition) is 2. The summed E-state index contributed by atoms with van der Waals surface area (Å²) in [4.78, 5) is 20.4. The zero-order valence-electron chi connectivity index (χ0n) is 15.7. The molecule has 0 spiro atoms. The van der Waals surface area contributed by atoms with Crippen LogP contribution in [-0.2, 0) is 4.79 Å². The first-order chi connectivity index (χ1) is 12.7. The molecule has 2 atom stereocenters. The molecule has 6 heteroatoms. The molecule has 2 aliphatic heterocycles. The third-order valence-corrected chi connectivity index (χ3v) is 5.48. The van der Waals surface area contributed by atoms with Crippen molar-refractivity contribution in [2.45, 2.75) is 25.7 Å². The summed E-state index contributed by atoms with van der Waals surface area (Å²) >= 11 is 0. The van der Waals surface area contributed by atoms with Crippen LogP contribution in [0.5, 0.6) is 0 Å². The summed E-state index contributed by atoms with van der Waals surface area (Å²) < 4.78 is 0. The van der Waals surface area contributed by atoms with Crippen LogP contribution in [-0.4, -0.2) is 56.5 Å². The van der Waals surface area contributed by atoms with Crippen LogP contribution in [0, 0.1) is 11.8 Å². The van der Waals surface area contributed by atoms with Crippen LogP contribution in [0.4, 0.5) is 5.69 Å². The third-order valence-electron chi connectivity index (χ3n) is 5.48. The van der Waals surface area contributed by atoms with E-state index in [4.69, 9.17) is 5.73 Å². The molecule has 3 rings (SSSR count). The van der Waals surface area contributed by atoms with Gasteiger partial charge in [0.15, 0.2) is 5.96 Å². The van der Waals surface area contributed by atoms with Gasteiger partial charge in [-0.2, -0.15) is 0 Å². The Balaban J connectivity index is 1.48. The number of hydrogen-bond acceptors (Lipinski definition) is 3. The van der Waals surface area contributed by atoms with Crippen molar-refractivity contribution in [2.24, 2.45) is 22.6 Å². The number of guanidine groups is 1. The van der Waals surface area contributed by atoms with Crippen LogP contribution in [0.2, 0.25) is 0 Å². The van der Waals surface area contributed by atoms with E-state index in [2.05, 4.69) is 50.4 Å². The first kappa shape index (κ1) is 18.5. The summed E-state index contributed by atoms with van der Waals surface area (Å²) in [5, 5.41) is 3.56. The molecule has 2 unspecified atom stereocenters. The smallest absolute Gasteiger partial charge is 0.217 e. The quantitative estimate of drug-likeness (QED) is 0.621. The molecule has 0 bridgehead atoms. The molecule has 3 N–H and O–H groups in total. The molecule has 142 valence electrons. The van der Waals surface area contributed by atoms with E-state index in [1.54, 1.807) is 0 Å². The van der Waals surface area contributed by atoms with E-state index in [0.29, 0.717) is 18.3 Å². The van der Waals surface area contributed by atoms with Gasteiger partial charge < -0.3 is 20.9 Å². The Morgan fingerprint density at radius 2 is 2.00 bits per heavy atom. The summed E-state index contributed by atoms with van der Waals surface area (Å²) in [6.45, 7) is 4.99. The maximum atomic E-state index is 11.2. The standard InChI is InChI=1S/C20H31N5O/c1-22-20(25-10-5-6-16(14-25)12-19(21)26)23-13-17-9-11-24(15-17)18-7-3-2-4-8-18/h2-4,7-8,16-17H,5-6,9-15H2,1H3,(H2,21,26)(H,22,23). The van der Waals surface area contributed by atoms with Crippen molar-refractivity contribution >= 4 is 17.6 Å². The Bertz CT molecular complexity index is 618. The second kappa shape index (κ2) is 8.92. The van der Waals surface area contributed by atoms with Gasteiger partial charge in [0.25, 0.3) is 0 Å². The summed E-state index contributed by atoms with van der Waals surface area (Å²) in [6.07, 6.45) is 3.83. The number of primary amides is 1. The van der Waals surface area contributed by atoms with Gasteiger partial charge in [-0.05, 0) is 43.2 Å². The third kappa shape index (κ3) is 4.90. The number of nitrogens with zero attached hydrogens (tertiary/aromatic N) is 3. The average Bonchev–Trinajstić information content (AvgIpc) is 3.12. The van der Waals surface area contributed by atoms with E-state index < -0.39 is 0 Å². The molecule has 0 aliphatic carbocycles. The van der Waals surface area contributed by atoms with E-state index in [9.17, 15) is 4.79 Å². The Kier molecular flexibility index (Phi) is 6.36. The highest BCUT2D eigenvalue weighted by Gasteiger charge is 2.26. The molecule has 2 saturated heterocycles. The number of benzene rings is 1. The lowest BCUT2D eigenvalue weighted by Gasteiger charge is -2.35. The maximum Gasteiger partial charge on any atom is 0.217 e. The molecule has 0 aromatic heterocycles. The fraction of sp³-hybridized carbons (Fsp3) is 0.600. The van der Waals surface area contributed by atoms with E-state index in [1.165, 1.54) is 12.1 Å². The molecule has 2 heterocycles. The minimum Gasteiger partial charge on any atom is -0.371 e. The number of aliphatic imine (C=N–C) groups is 1. The predicted molar refractivity (Wildman–Crippen MR) is 106 cm³/mol. The van der Waals surface area contributed by atoms with Crippen molar-refractivity contribution in [1.29, 1.82) is 0 Å². The lowest BCUT2D eigenvalue weighted by molar-refractivity contribution is -0.119. The molecule has 0 saturated carbocycles. The van der Waals surface area contributed by atoms with Crippen molar-refractivity contribution in [3.8, 4) is 0 Å². The highest BCUT2D eigenvalue weighted by molar-refractivity contribution is 5.80. The molecular weight excluding hydrogens is 326 g/mol. The van der Waals surface area contributed by atoms with Crippen molar-refractivity contribution in [3.63, 3.8) is 0 Å². The number of piperidine rings is 1. The summed E-state index contributed by atoms with van der Waals surface area (Å²) in [7, 11) is 1.84. The first-order valence-electron chi connectivity index (χ1n) is 9.69. The van der Waals surface area contributed by atoms with Gasteiger partial charge in [0.05, 0.1) is 0 Å². The number of para-hydroxylation sites is 1. The summed E-state index contributed by atoms with van der Waals surface area (Å²) in [5.41, 5.74) is 6.68. The predicted octanol–water partition coefficient (Wildman–Crippen LogP) is 1.68. The second-order valence-electron chi connectivity index (χ2n) is 7.49. The SMILES string of the molecule is CN=C(NCC1CCN(c2ccccc2)C1)N1CCCC(CC(N)=O)C1. The lowest BCUT2D eigenvalue weighted by atomic mass is 9.95. The minimum atomic E-state index is -0.202. The van der Waals surface area contributed by atoms with Gasteiger partial charge in [-0.15, -0.1) is 0 Å². The zero-order chi connectivity index (χ0) is 18.4. The lowest BCUT2D eigenvalue weighted by Crippen LogP contribution is -2.48. The summed E-state index contributed by atoms with van der Waals surface area (Å²) in [5.74, 6) is 1.72. The Hall–Kier alpha value is -2.24. The minimum absolute atomic E-state index is 0.202. The molecule has 0 radical (unpaired) electrons. The number of amides is 1. The van der Waals surface area contributed by atoms with Gasteiger partial charge in [0.2, 0.25) is 5.91 Å². The molecular formula is C20H31N5O. The molecule has 2 fully saturated rings. The molecule has 1 amide bonds. The molecule has 1 aromatic carbocycles. The number of nitrogens with two attached hydrogens (primary N) is 1. The number of nitrogens with one attached hydrogen (secondary N) is 1. The van der Waals surface area contributed by atoms with Crippen LogP contribution >= 0.6 is 0 Å². The topological polar surface area (TPSA) is 74.0 Å². The van der Waals surface area contributed by atoms with E-state index in [0.717, 1.165) is 51.5 Å². The molecule has 1 aromatic rings. The first-order valence-corrected chi connectivity index (χ1v) is 9.69. The average molecular weight is 358 g/mol. The van der Waals surface area contributed by atoms with E-state index >= 15 is 0 Å². The van der Waals surface area contributed by atoms with Crippen molar-refractivity contribution in [3.05, 3.63) is 30.3 Å². The molecule has 26 heavy (non-hydrogen) atoms. The van der Waals surface area contributed by atoms with Crippen molar-refractivity contribution < 1.29 is 4.79 Å². The maximum absolute atomic E-state index is 11.2. The number of likely N-dealkylation sites (tertiary alicyclic amines) is 1. The Labute approximate surface area is 156 Å². The number of rotatable bonds is 5. The fourth-order valence-corrected chi connectivity index (χ4v) is 4.15. The monoisotopic (exact) mass is 357 g/mol. The largest absolute Gasteiger partial charge is 0.371 e. The van der Waals surface area contributed by atoms with Gasteiger partial charge >= 0.3 is 0 Å². The Morgan fingerprint density at radius 3 is 2.73 bits per heavy atom. The van der Waals surface area contributed by atoms with Crippen LogP contribution in [0.3, 0.4) is 0 Å². The fourth-order valence-electron chi connectivity index (χ4n) is 4.15. The van der Waals surface area contributed by atoms with Gasteiger partial charge in [0, 0.05) is 51.9 Å². The van der Waals surface area contributed by atoms with E-state index in [-0.39, 0.29) is 5.91 Å². The van der Waals surface area contributed by atoms with Crippen LogP contribution in [0.1, 0.15) is 25.7 Å². The number of carbonyl (C=O) groups excluding carboxylic acids is 1.